The third kappa shape index (κ3) is 2.67. The zero-order chi connectivity index (χ0) is 15.5. The second-order valence-electron chi connectivity index (χ2n) is 4.80. The van der Waals surface area contributed by atoms with Crippen molar-refractivity contribution < 1.29 is 9.72 Å². The van der Waals surface area contributed by atoms with Gasteiger partial charge in [-0.1, -0.05) is 30.3 Å². The standard InChI is InChI=1S/C16H13N3O3/c20-16-17-15(12-5-4-8-14(11-12)19(21)22)9-10-18(16)13-6-2-1-3-7-13/h1-9,11H,10H2,(H,17,20). The average Bonchev–Trinajstić information content (AvgIpc) is 2.55. The molecule has 0 bridgehead atoms. The van der Waals surface area contributed by atoms with Crippen LogP contribution in [0, 0.1) is 10.1 Å². The fourth-order valence-corrected chi connectivity index (χ4v) is 2.31. The van der Waals surface area contributed by atoms with E-state index < -0.39 is 4.92 Å². The van der Waals surface area contributed by atoms with Gasteiger partial charge in [0, 0.05) is 35.6 Å². The number of rotatable bonds is 3. The number of carbonyl (C=O) groups excluding carboxylic acids is 1. The predicted molar refractivity (Wildman–Crippen MR) is 83.4 cm³/mol. The number of non-ortho nitro benzene ring substituents is 1. The Morgan fingerprint density at radius 1 is 1.09 bits per heavy atom. The Morgan fingerprint density at radius 3 is 2.55 bits per heavy atom. The summed E-state index contributed by atoms with van der Waals surface area (Å²) in [6.07, 6.45) is 1.84. The number of nitro benzene ring substituents is 1. The molecule has 1 aliphatic rings. The van der Waals surface area contributed by atoms with Crippen LogP contribution < -0.4 is 10.2 Å². The van der Waals surface area contributed by atoms with Crippen LogP contribution in [0.5, 0.6) is 0 Å². The van der Waals surface area contributed by atoms with Crippen molar-refractivity contribution in [1.29, 1.82) is 0 Å². The first kappa shape index (κ1) is 13.8. The molecule has 0 atom stereocenters. The molecule has 2 aromatic carbocycles. The molecule has 6 nitrogen and oxygen atoms in total. The van der Waals surface area contributed by atoms with Crippen molar-refractivity contribution in [3.8, 4) is 0 Å². The molecular formula is C16H13N3O3. The number of anilines is 1. The van der Waals surface area contributed by atoms with E-state index in [1.807, 2.05) is 36.4 Å². The number of nitrogens with zero attached hydrogens (tertiary/aromatic N) is 2. The summed E-state index contributed by atoms with van der Waals surface area (Å²) in [7, 11) is 0. The molecule has 22 heavy (non-hydrogen) atoms. The van der Waals surface area contributed by atoms with Crippen molar-refractivity contribution in [2.24, 2.45) is 0 Å². The normalized spacial score (nSPS) is 14.3. The number of nitrogens with one attached hydrogen (secondary N) is 1. The zero-order valence-corrected chi connectivity index (χ0v) is 11.6. The van der Waals surface area contributed by atoms with Crippen LogP contribution in [0.15, 0.2) is 60.7 Å². The van der Waals surface area contributed by atoms with Gasteiger partial charge in [-0.2, -0.15) is 0 Å². The zero-order valence-electron chi connectivity index (χ0n) is 11.6. The lowest BCUT2D eigenvalue weighted by molar-refractivity contribution is -0.384. The summed E-state index contributed by atoms with van der Waals surface area (Å²) in [5.74, 6) is 0. The van der Waals surface area contributed by atoms with E-state index in [9.17, 15) is 14.9 Å². The average molecular weight is 295 g/mol. The highest BCUT2D eigenvalue weighted by Gasteiger charge is 2.21. The molecule has 0 aromatic heterocycles. The summed E-state index contributed by atoms with van der Waals surface area (Å²) in [6.45, 7) is 0.411. The van der Waals surface area contributed by atoms with Crippen LogP contribution in [0.3, 0.4) is 0 Å². The Hall–Kier alpha value is -3.15. The quantitative estimate of drug-likeness (QED) is 0.698. The van der Waals surface area contributed by atoms with Crippen molar-refractivity contribution in [3.05, 3.63) is 76.4 Å². The molecule has 0 radical (unpaired) electrons. The van der Waals surface area contributed by atoms with E-state index in [2.05, 4.69) is 5.32 Å². The molecule has 0 fully saturated rings. The van der Waals surface area contributed by atoms with Gasteiger partial charge in [-0.25, -0.2) is 4.79 Å². The van der Waals surface area contributed by atoms with Crippen LogP contribution in [-0.2, 0) is 0 Å². The Labute approximate surface area is 126 Å². The van der Waals surface area contributed by atoms with Crippen LogP contribution in [0.1, 0.15) is 5.56 Å². The molecule has 6 heteroatoms. The first-order chi connectivity index (χ1) is 10.6. The minimum absolute atomic E-state index is 0.00172. The highest BCUT2D eigenvalue weighted by atomic mass is 16.6. The summed E-state index contributed by atoms with van der Waals surface area (Å²) in [5, 5.41) is 13.6. The number of benzene rings is 2. The SMILES string of the molecule is O=C1NC(c2cccc([N+](=O)[O-])c2)=CCN1c1ccccc1. The molecule has 3 rings (SSSR count). The Kier molecular flexibility index (Phi) is 3.57. The molecule has 1 N–H and O–H groups in total. The largest absolute Gasteiger partial charge is 0.326 e. The summed E-state index contributed by atoms with van der Waals surface area (Å²) in [6, 6.07) is 15.3. The maximum atomic E-state index is 12.2. The van der Waals surface area contributed by atoms with E-state index >= 15 is 0 Å². The Morgan fingerprint density at radius 2 is 1.86 bits per heavy atom. The van der Waals surface area contributed by atoms with E-state index in [-0.39, 0.29) is 11.7 Å². The number of urea groups is 1. The fraction of sp³-hybridized carbons (Fsp3) is 0.0625. The van der Waals surface area contributed by atoms with E-state index in [0.29, 0.717) is 17.8 Å². The topological polar surface area (TPSA) is 75.5 Å². The fourth-order valence-electron chi connectivity index (χ4n) is 2.31. The molecule has 2 amide bonds. The number of nitro groups is 1. The number of hydrogen-bond donors (Lipinski definition) is 1. The Bertz CT molecular complexity index is 756. The number of amides is 2. The summed E-state index contributed by atoms with van der Waals surface area (Å²) >= 11 is 0. The van der Waals surface area contributed by atoms with Crippen molar-refractivity contribution in [1.82, 2.24) is 5.32 Å². The van der Waals surface area contributed by atoms with Gasteiger partial charge in [0.05, 0.1) is 4.92 Å². The third-order valence-corrected chi connectivity index (χ3v) is 3.40. The smallest absolute Gasteiger partial charge is 0.307 e. The van der Waals surface area contributed by atoms with Gasteiger partial charge >= 0.3 is 6.03 Å². The van der Waals surface area contributed by atoms with Crippen molar-refractivity contribution >= 4 is 23.1 Å². The molecule has 0 saturated carbocycles. The van der Waals surface area contributed by atoms with Crippen LogP contribution in [0.25, 0.3) is 5.70 Å². The molecule has 1 aliphatic heterocycles. The van der Waals surface area contributed by atoms with Gasteiger partial charge < -0.3 is 5.32 Å². The van der Waals surface area contributed by atoms with Crippen LogP contribution in [0.4, 0.5) is 16.2 Å². The summed E-state index contributed by atoms with van der Waals surface area (Å²) in [5.41, 5.74) is 2.00. The van der Waals surface area contributed by atoms with Gasteiger partial charge in [-0.05, 0) is 18.2 Å². The van der Waals surface area contributed by atoms with Gasteiger partial charge in [0.1, 0.15) is 0 Å². The van der Waals surface area contributed by atoms with Crippen molar-refractivity contribution in [3.63, 3.8) is 0 Å². The lowest BCUT2D eigenvalue weighted by Crippen LogP contribution is -2.43. The van der Waals surface area contributed by atoms with E-state index in [4.69, 9.17) is 0 Å². The maximum Gasteiger partial charge on any atom is 0.326 e. The van der Waals surface area contributed by atoms with Gasteiger partial charge in [-0.15, -0.1) is 0 Å². The molecule has 0 saturated heterocycles. The number of hydrogen-bond acceptors (Lipinski definition) is 3. The summed E-state index contributed by atoms with van der Waals surface area (Å²) < 4.78 is 0. The molecule has 0 aliphatic carbocycles. The van der Waals surface area contributed by atoms with Crippen LogP contribution in [-0.4, -0.2) is 17.5 Å². The van der Waals surface area contributed by atoms with Crippen molar-refractivity contribution in [2.75, 3.05) is 11.4 Å². The molecule has 2 aromatic rings. The van der Waals surface area contributed by atoms with E-state index in [0.717, 1.165) is 5.69 Å². The third-order valence-electron chi connectivity index (χ3n) is 3.40. The van der Waals surface area contributed by atoms with Crippen molar-refractivity contribution in [2.45, 2.75) is 0 Å². The second kappa shape index (κ2) is 5.69. The lowest BCUT2D eigenvalue weighted by atomic mass is 10.1. The van der Waals surface area contributed by atoms with Gasteiger partial charge in [0.15, 0.2) is 0 Å². The molecular weight excluding hydrogens is 282 g/mol. The molecule has 0 spiro atoms. The van der Waals surface area contributed by atoms with Gasteiger partial charge in [0.2, 0.25) is 0 Å². The monoisotopic (exact) mass is 295 g/mol. The Balaban J connectivity index is 1.86. The lowest BCUT2D eigenvalue weighted by Gasteiger charge is -2.27. The minimum Gasteiger partial charge on any atom is -0.307 e. The van der Waals surface area contributed by atoms with Crippen LogP contribution in [0.2, 0.25) is 0 Å². The van der Waals surface area contributed by atoms with Gasteiger partial charge in [0.25, 0.3) is 5.69 Å². The van der Waals surface area contributed by atoms with Gasteiger partial charge in [-0.3, -0.25) is 15.0 Å². The first-order valence-corrected chi connectivity index (χ1v) is 6.74. The van der Waals surface area contributed by atoms with Crippen LogP contribution >= 0.6 is 0 Å². The highest BCUT2D eigenvalue weighted by Crippen LogP contribution is 2.23. The van der Waals surface area contributed by atoms with E-state index in [1.165, 1.54) is 12.1 Å². The molecule has 1 heterocycles. The predicted octanol–water partition coefficient (Wildman–Crippen LogP) is 3.17. The highest BCUT2D eigenvalue weighted by molar-refractivity contribution is 5.99. The summed E-state index contributed by atoms with van der Waals surface area (Å²) in [4.78, 5) is 24.2. The first-order valence-electron chi connectivity index (χ1n) is 6.74. The molecule has 110 valence electrons. The maximum absolute atomic E-state index is 12.2. The molecule has 0 unspecified atom stereocenters. The number of carbonyl (C=O) groups is 1. The minimum atomic E-state index is -0.453. The second-order valence-corrected chi connectivity index (χ2v) is 4.80. The van der Waals surface area contributed by atoms with E-state index in [1.54, 1.807) is 17.0 Å². The number of para-hydroxylation sites is 1.